The summed E-state index contributed by atoms with van der Waals surface area (Å²) in [4.78, 5) is 0. The molecule has 0 bridgehead atoms. The minimum Gasteiger partial charge on any atom is -0.497 e. The van der Waals surface area contributed by atoms with E-state index in [4.69, 9.17) is 14.2 Å². The lowest BCUT2D eigenvalue weighted by molar-refractivity contribution is 0.268. The number of hydrogen-bond acceptors (Lipinski definition) is 3. The van der Waals surface area contributed by atoms with Gasteiger partial charge >= 0.3 is 0 Å². The summed E-state index contributed by atoms with van der Waals surface area (Å²) in [6.45, 7) is 1.99. The predicted molar refractivity (Wildman–Crippen MR) is 71.6 cm³/mol. The Kier molecular flexibility index (Phi) is 3.92. The minimum absolute atomic E-state index is 0.0669. The molecule has 0 amide bonds. The zero-order chi connectivity index (χ0) is 13.0. The van der Waals surface area contributed by atoms with Crippen molar-refractivity contribution >= 4 is 0 Å². The third-order valence-electron chi connectivity index (χ3n) is 2.88. The van der Waals surface area contributed by atoms with Crippen molar-refractivity contribution < 1.29 is 14.2 Å². The fraction of sp³-hybridized carbons (Fsp3) is 0.333. The molecule has 1 aromatic rings. The molecule has 0 fully saturated rings. The molecule has 1 unspecified atom stereocenters. The normalized spacial score (nSPS) is 18.1. The highest BCUT2D eigenvalue weighted by molar-refractivity contribution is 5.54. The average molecular weight is 246 g/mol. The SMILES string of the molecule is CC=CC=CC1Cc2cc(OC)cc(OC)c2O1. The molecule has 3 nitrogen and oxygen atoms in total. The van der Waals surface area contributed by atoms with Crippen molar-refractivity contribution in [1.82, 2.24) is 0 Å². The van der Waals surface area contributed by atoms with E-state index in [-0.39, 0.29) is 6.10 Å². The molecular weight excluding hydrogens is 228 g/mol. The predicted octanol–water partition coefficient (Wildman–Crippen LogP) is 3.14. The lowest BCUT2D eigenvalue weighted by Gasteiger charge is -2.10. The van der Waals surface area contributed by atoms with E-state index in [0.29, 0.717) is 0 Å². The van der Waals surface area contributed by atoms with Crippen LogP contribution in [0.25, 0.3) is 0 Å². The molecule has 0 saturated carbocycles. The van der Waals surface area contributed by atoms with E-state index in [1.165, 1.54) is 0 Å². The highest BCUT2D eigenvalue weighted by Gasteiger charge is 2.25. The summed E-state index contributed by atoms with van der Waals surface area (Å²) in [6.07, 6.45) is 8.94. The molecule has 0 N–H and O–H groups in total. The maximum Gasteiger partial charge on any atom is 0.165 e. The first-order valence-corrected chi connectivity index (χ1v) is 5.99. The third-order valence-corrected chi connectivity index (χ3v) is 2.88. The Hall–Kier alpha value is -1.90. The number of ether oxygens (including phenoxy) is 3. The summed E-state index contributed by atoms with van der Waals surface area (Å²) in [7, 11) is 3.29. The number of rotatable bonds is 4. The van der Waals surface area contributed by atoms with Crippen molar-refractivity contribution in [3.05, 3.63) is 42.0 Å². The van der Waals surface area contributed by atoms with Crippen LogP contribution in [-0.2, 0) is 6.42 Å². The summed E-state index contributed by atoms with van der Waals surface area (Å²) in [6, 6.07) is 3.85. The maximum absolute atomic E-state index is 5.87. The molecule has 1 heterocycles. The van der Waals surface area contributed by atoms with Crippen LogP contribution in [0.1, 0.15) is 12.5 Å². The van der Waals surface area contributed by atoms with E-state index in [1.54, 1.807) is 14.2 Å². The van der Waals surface area contributed by atoms with Crippen molar-refractivity contribution in [1.29, 1.82) is 0 Å². The van der Waals surface area contributed by atoms with Gasteiger partial charge in [0.25, 0.3) is 0 Å². The molecule has 0 spiro atoms. The zero-order valence-corrected chi connectivity index (χ0v) is 11.0. The largest absolute Gasteiger partial charge is 0.497 e. The number of fused-ring (bicyclic) bond motifs is 1. The Morgan fingerprint density at radius 1 is 1.22 bits per heavy atom. The molecular formula is C15H18O3. The monoisotopic (exact) mass is 246 g/mol. The van der Waals surface area contributed by atoms with Gasteiger partial charge in [-0.05, 0) is 19.1 Å². The molecule has 96 valence electrons. The fourth-order valence-corrected chi connectivity index (χ4v) is 2.00. The van der Waals surface area contributed by atoms with E-state index < -0.39 is 0 Å². The second kappa shape index (κ2) is 5.63. The van der Waals surface area contributed by atoms with Crippen molar-refractivity contribution in [2.45, 2.75) is 19.4 Å². The molecule has 0 aromatic heterocycles. The van der Waals surface area contributed by atoms with Gasteiger partial charge in [-0.2, -0.15) is 0 Å². The molecule has 0 radical (unpaired) electrons. The molecule has 0 aliphatic carbocycles. The van der Waals surface area contributed by atoms with Crippen LogP contribution in [0.2, 0.25) is 0 Å². The Bertz CT molecular complexity index is 475. The van der Waals surface area contributed by atoms with Gasteiger partial charge in [0.2, 0.25) is 0 Å². The molecule has 1 atom stereocenters. The molecule has 18 heavy (non-hydrogen) atoms. The van der Waals surface area contributed by atoms with Crippen LogP contribution >= 0.6 is 0 Å². The molecule has 2 rings (SSSR count). The average Bonchev–Trinajstić information content (AvgIpc) is 2.80. The van der Waals surface area contributed by atoms with Gasteiger partial charge in [-0.1, -0.05) is 18.2 Å². The van der Waals surface area contributed by atoms with Gasteiger partial charge < -0.3 is 14.2 Å². The van der Waals surface area contributed by atoms with Crippen LogP contribution < -0.4 is 14.2 Å². The van der Waals surface area contributed by atoms with Crippen LogP contribution in [0.15, 0.2) is 36.4 Å². The van der Waals surface area contributed by atoms with Gasteiger partial charge in [-0.25, -0.2) is 0 Å². The van der Waals surface area contributed by atoms with E-state index in [9.17, 15) is 0 Å². The van der Waals surface area contributed by atoms with Crippen molar-refractivity contribution in [2.75, 3.05) is 14.2 Å². The quantitative estimate of drug-likeness (QED) is 0.764. The first-order valence-electron chi connectivity index (χ1n) is 5.99. The summed E-state index contributed by atoms with van der Waals surface area (Å²) in [5.74, 6) is 2.35. The Labute approximate surface area is 108 Å². The van der Waals surface area contributed by atoms with E-state index in [1.807, 2.05) is 43.4 Å². The lowest BCUT2D eigenvalue weighted by Crippen LogP contribution is -2.08. The summed E-state index contributed by atoms with van der Waals surface area (Å²) in [5, 5.41) is 0. The maximum atomic E-state index is 5.87. The van der Waals surface area contributed by atoms with Gasteiger partial charge in [-0.15, -0.1) is 0 Å². The lowest BCUT2D eigenvalue weighted by atomic mass is 10.1. The second-order valence-electron chi connectivity index (χ2n) is 4.09. The Morgan fingerprint density at radius 3 is 2.72 bits per heavy atom. The van der Waals surface area contributed by atoms with Crippen LogP contribution in [0.5, 0.6) is 17.2 Å². The van der Waals surface area contributed by atoms with Crippen LogP contribution in [0, 0.1) is 0 Å². The van der Waals surface area contributed by atoms with Gasteiger partial charge in [0, 0.05) is 18.1 Å². The van der Waals surface area contributed by atoms with Crippen LogP contribution in [0.4, 0.5) is 0 Å². The molecule has 3 heteroatoms. The molecule has 1 aromatic carbocycles. The number of methoxy groups -OCH3 is 2. The molecule has 1 aliphatic rings. The van der Waals surface area contributed by atoms with E-state index in [2.05, 4.69) is 0 Å². The van der Waals surface area contributed by atoms with Gasteiger partial charge in [0.05, 0.1) is 14.2 Å². The van der Waals surface area contributed by atoms with Crippen molar-refractivity contribution in [3.8, 4) is 17.2 Å². The number of benzene rings is 1. The van der Waals surface area contributed by atoms with Gasteiger partial charge in [-0.3, -0.25) is 0 Å². The van der Waals surface area contributed by atoms with E-state index >= 15 is 0 Å². The Balaban J connectivity index is 2.23. The summed E-state index contributed by atoms with van der Waals surface area (Å²) >= 11 is 0. The highest BCUT2D eigenvalue weighted by atomic mass is 16.5. The van der Waals surface area contributed by atoms with Crippen LogP contribution in [0.3, 0.4) is 0 Å². The summed E-state index contributed by atoms with van der Waals surface area (Å²) in [5.41, 5.74) is 1.13. The Morgan fingerprint density at radius 2 is 2.06 bits per heavy atom. The first-order chi connectivity index (χ1) is 8.78. The third kappa shape index (κ3) is 2.50. The first kappa shape index (κ1) is 12.6. The topological polar surface area (TPSA) is 27.7 Å². The highest BCUT2D eigenvalue weighted by Crippen LogP contribution is 2.41. The van der Waals surface area contributed by atoms with Crippen LogP contribution in [-0.4, -0.2) is 20.3 Å². The van der Waals surface area contributed by atoms with Gasteiger partial charge in [0.15, 0.2) is 11.5 Å². The van der Waals surface area contributed by atoms with Gasteiger partial charge in [0.1, 0.15) is 11.9 Å². The summed E-state index contributed by atoms with van der Waals surface area (Å²) < 4.78 is 16.5. The molecule has 1 aliphatic heterocycles. The zero-order valence-electron chi connectivity index (χ0n) is 11.0. The smallest absolute Gasteiger partial charge is 0.165 e. The number of hydrogen-bond donors (Lipinski definition) is 0. The van der Waals surface area contributed by atoms with Crippen molar-refractivity contribution in [3.63, 3.8) is 0 Å². The fourth-order valence-electron chi connectivity index (χ4n) is 2.00. The van der Waals surface area contributed by atoms with Crippen molar-refractivity contribution in [2.24, 2.45) is 0 Å². The standard InChI is InChI=1S/C15H18O3/c1-4-5-6-7-12-8-11-9-13(16-2)10-14(17-3)15(11)18-12/h4-7,9-10,12H,8H2,1-3H3. The second-order valence-corrected chi connectivity index (χ2v) is 4.09. The minimum atomic E-state index is 0.0669. The van der Waals surface area contributed by atoms with E-state index in [0.717, 1.165) is 29.2 Å². The number of allylic oxidation sites excluding steroid dienone is 3. The molecule has 0 saturated heterocycles.